The van der Waals surface area contributed by atoms with Crippen LogP contribution in [0.2, 0.25) is 0 Å². The summed E-state index contributed by atoms with van der Waals surface area (Å²) in [6, 6.07) is 0. The molecule has 0 radical (unpaired) electrons. The average Bonchev–Trinajstić information content (AvgIpc) is 2.88. The molecular weight excluding hydrogens is 384 g/mol. The van der Waals surface area contributed by atoms with E-state index in [9.17, 15) is 15.3 Å². The highest BCUT2D eigenvalue weighted by atomic mass is 16.3. The maximum Gasteiger partial charge on any atom is 0.0811 e. The van der Waals surface area contributed by atoms with Gasteiger partial charge in [0.25, 0.3) is 0 Å². The highest BCUT2D eigenvalue weighted by Gasteiger charge is 2.48. The van der Waals surface area contributed by atoms with Gasteiger partial charge in [0.15, 0.2) is 0 Å². The van der Waals surface area contributed by atoms with E-state index in [0.29, 0.717) is 18.3 Å². The lowest BCUT2D eigenvalue weighted by Crippen LogP contribution is -2.32. The Balaban J connectivity index is 1.65. The van der Waals surface area contributed by atoms with E-state index in [1.165, 1.54) is 44.1 Å². The minimum atomic E-state index is -0.612. The SMILES string of the molecule is C=C1/C(=C/C=C2\CCC[C@@]3(C)[C@@H](CC[C@@H]3[C@H](C)CCCC(C)(C)O)C2)C[C@@H](O)C[C@@H]1O. The van der Waals surface area contributed by atoms with Gasteiger partial charge in [0.1, 0.15) is 0 Å². The Morgan fingerprint density at radius 1 is 1.19 bits per heavy atom. The highest BCUT2D eigenvalue weighted by molar-refractivity contribution is 5.38. The van der Waals surface area contributed by atoms with E-state index in [1.54, 1.807) is 0 Å². The lowest BCUT2D eigenvalue weighted by Gasteiger charge is -2.39. The Labute approximate surface area is 190 Å². The first-order chi connectivity index (χ1) is 14.5. The molecule has 0 amide bonds. The lowest BCUT2D eigenvalue weighted by molar-refractivity contribution is 0.0606. The van der Waals surface area contributed by atoms with E-state index in [1.807, 2.05) is 13.8 Å². The first-order valence-electron chi connectivity index (χ1n) is 12.7. The van der Waals surface area contributed by atoms with Gasteiger partial charge in [-0.2, -0.15) is 0 Å². The first kappa shape index (κ1) is 24.7. The molecule has 3 saturated carbocycles. The molecular formula is C28H46O3. The maximum absolute atomic E-state index is 10.1. The van der Waals surface area contributed by atoms with Crippen LogP contribution in [0.4, 0.5) is 0 Å². The quantitative estimate of drug-likeness (QED) is 0.477. The molecule has 3 rings (SSSR count). The highest BCUT2D eigenvalue weighted by Crippen LogP contribution is 2.58. The van der Waals surface area contributed by atoms with E-state index in [-0.39, 0.29) is 0 Å². The van der Waals surface area contributed by atoms with Gasteiger partial charge in [0.05, 0.1) is 17.8 Å². The zero-order valence-electron chi connectivity index (χ0n) is 20.4. The van der Waals surface area contributed by atoms with Crippen LogP contribution in [-0.2, 0) is 0 Å². The van der Waals surface area contributed by atoms with E-state index in [0.717, 1.165) is 48.2 Å². The predicted molar refractivity (Wildman–Crippen MR) is 129 cm³/mol. The third-order valence-corrected chi connectivity index (χ3v) is 8.75. The first-order valence-corrected chi connectivity index (χ1v) is 12.7. The fourth-order valence-corrected chi connectivity index (χ4v) is 6.80. The topological polar surface area (TPSA) is 60.7 Å². The summed E-state index contributed by atoms with van der Waals surface area (Å²) in [4.78, 5) is 0. The van der Waals surface area contributed by atoms with Gasteiger partial charge in [0, 0.05) is 6.42 Å². The molecule has 176 valence electrons. The largest absolute Gasteiger partial charge is 0.393 e. The number of fused-ring (bicyclic) bond motifs is 1. The third-order valence-electron chi connectivity index (χ3n) is 8.75. The van der Waals surface area contributed by atoms with Crippen molar-refractivity contribution in [3.63, 3.8) is 0 Å². The van der Waals surface area contributed by atoms with Crippen molar-refractivity contribution in [3.8, 4) is 0 Å². The molecule has 6 atom stereocenters. The smallest absolute Gasteiger partial charge is 0.0811 e. The van der Waals surface area contributed by atoms with E-state index in [2.05, 4.69) is 32.6 Å². The van der Waals surface area contributed by atoms with Gasteiger partial charge >= 0.3 is 0 Å². The lowest BCUT2D eigenvalue weighted by atomic mass is 9.66. The van der Waals surface area contributed by atoms with Crippen LogP contribution in [0.1, 0.15) is 98.3 Å². The standard InChI is InChI=1S/C28H46O3/c1-19(8-6-14-27(3,4)31)25-13-12-23-16-21(9-7-15-28(23,25)5)10-11-22-17-24(29)18-26(30)20(22)2/h10-11,19,23-26,29-31H,2,6-9,12-18H2,1,3-5H3/b21-10+,22-11+/t19-,23+,24-,25-,26+,28+/m1/s1. The van der Waals surface area contributed by atoms with Gasteiger partial charge < -0.3 is 15.3 Å². The molecule has 31 heavy (non-hydrogen) atoms. The van der Waals surface area contributed by atoms with Crippen molar-refractivity contribution in [2.75, 3.05) is 0 Å². The van der Waals surface area contributed by atoms with Crippen molar-refractivity contribution in [1.82, 2.24) is 0 Å². The molecule has 0 aliphatic heterocycles. The Hall–Kier alpha value is -0.900. The van der Waals surface area contributed by atoms with Crippen LogP contribution in [0.3, 0.4) is 0 Å². The number of aliphatic hydroxyl groups is 3. The molecule has 3 heteroatoms. The van der Waals surface area contributed by atoms with Crippen LogP contribution in [0.5, 0.6) is 0 Å². The Kier molecular flexibility index (Phi) is 7.92. The number of aliphatic hydroxyl groups excluding tert-OH is 2. The van der Waals surface area contributed by atoms with Crippen molar-refractivity contribution < 1.29 is 15.3 Å². The second-order valence-electron chi connectivity index (χ2n) is 11.8. The van der Waals surface area contributed by atoms with Crippen LogP contribution < -0.4 is 0 Å². The van der Waals surface area contributed by atoms with Crippen molar-refractivity contribution in [1.29, 1.82) is 0 Å². The summed E-state index contributed by atoms with van der Waals surface area (Å²) < 4.78 is 0. The molecule has 0 aromatic rings. The van der Waals surface area contributed by atoms with Crippen molar-refractivity contribution in [3.05, 3.63) is 35.5 Å². The fourth-order valence-electron chi connectivity index (χ4n) is 6.80. The Morgan fingerprint density at radius 2 is 1.94 bits per heavy atom. The molecule has 3 aliphatic rings. The zero-order valence-corrected chi connectivity index (χ0v) is 20.4. The van der Waals surface area contributed by atoms with Crippen molar-refractivity contribution in [2.24, 2.45) is 23.2 Å². The summed E-state index contributed by atoms with van der Waals surface area (Å²) in [6.45, 7) is 12.9. The minimum absolute atomic E-state index is 0.405. The summed E-state index contributed by atoms with van der Waals surface area (Å²) in [5.74, 6) is 2.27. The monoisotopic (exact) mass is 430 g/mol. The van der Waals surface area contributed by atoms with Gasteiger partial charge in [-0.25, -0.2) is 0 Å². The van der Waals surface area contributed by atoms with Crippen LogP contribution in [0.25, 0.3) is 0 Å². The molecule has 3 nitrogen and oxygen atoms in total. The van der Waals surface area contributed by atoms with Gasteiger partial charge in [-0.05, 0) is 99.5 Å². The number of hydrogen-bond donors (Lipinski definition) is 3. The fraction of sp³-hybridized carbons (Fsp3) is 0.786. The maximum atomic E-state index is 10.1. The summed E-state index contributed by atoms with van der Waals surface area (Å²) in [7, 11) is 0. The molecule has 0 saturated heterocycles. The van der Waals surface area contributed by atoms with Gasteiger partial charge in [-0.1, -0.05) is 51.0 Å². The normalized spacial score (nSPS) is 38.4. The third kappa shape index (κ3) is 6.12. The molecule has 0 unspecified atom stereocenters. The molecule has 3 fully saturated rings. The second-order valence-corrected chi connectivity index (χ2v) is 11.8. The molecule has 0 spiro atoms. The van der Waals surface area contributed by atoms with Gasteiger partial charge in [-0.3, -0.25) is 0 Å². The van der Waals surface area contributed by atoms with Crippen LogP contribution >= 0.6 is 0 Å². The summed E-state index contributed by atoms with van der Waals surface area (Å²) in [5, 5.41) is 30.2. The Bertz CT molecular complexity index is 698. The van der Waals surface area contributed by atoms with Gasteiger partial charge in [-0.15, -0.1) is 0 Å². The second kappa shape index (κ2) is 9.93. The molecule has 3 N–H and O–H groups in total. The molecule has 0 aromatic carbocycles. The molecule has 3 aliphatic carbocycles. The molecule has 0 aromatic heterocycles. The Morgan fingerprint density at radius 3 is 2.65 bits per heavy atom. The van der Waals surface area contributed by atoms with Gasteiger partial charge in [0.2, 0.25) is 0 Å². The van der Waals surface area contributed by atoms with E-state index in [4.69, 9.17) is 0 Å². The average molecular weight is 431 g/mol. The van der Waals surface area contributed by atoms with Crippen molar-refractivity contribution in [2.45, 2.75) is 116 Å². The predicted octanol–water partition coefficient (Wildman–Crippen LogP) is 6.09. The van der Waals surface area contributed by atoms with E-state index < -0.39 is 17.8 Å². The molecule has 0 heterocycles. The zero-order chi connectivity index (χ0) is 22.8. The summed E-state index contributed by atoms with van der Waals surface area (Å²) in [6.07, 6.45) is 15.1. The number of allylic oxidation sites excluding steroid dienone is 3. The van der Waals surface area contributed by atoms with Crippen molar-refractivity contribution >= 4 is 0 Å². The summed E-state index contributed by atoms with van der Waals surface area (Å²) in [5.41, 5.74) is 3.20. The minimum Gasteiger partial charge on any atom is -0.393 e. The van der Waals surface area contributed by atoms with Crippen LogP contribution in [-0.4, -0.2) is 33.1 Å². The van der Waals surface area contributed by atoms with E-state index >= 15 is 0 Å². The van der Waals surface area contributed by atoms with Crippen LogP contribution in [0, 0.1) is 23.2 Å². The number of rotatable bonds is 6. The van der Waals surface area contributed by atoms with Crippen LogP contribution in [0.15, 0.2) is 35.5 Å². The molecule has 0 bridgehead atoms. The summed E-state index contributed by atoms with van der Waals surface area (Å²) >= 11 is 0. The number of hydrogen-bond acceptors (Lipinski definition) is 3.